The summed E-state index contributed by atoms with van der Waals surface area (Å²) in [6.45, 7) is 2.37. The lowest BCUT2D eigenvalue weighted by molar-refractivity contribution is -0.138. The van der Waals surface area contributed by atoms with Gasteiger partial charge in [-0.25, -0.2) is 4.39 Å². The maximum Gasteiger partial charge on any atom is 0.224 e. The van der Waals surface area contributed by atoms with Crippen LogP contribution in [0.2, 0.25) is 0 Å². The number of carbonyl (C=O) groups is 2. The first kappa shape index (κ1) is 18.4. The van der Waals surface area contributed by atoms with Crippen LogP contribution in [0.25, 0.3) is 0 Å². The molecular formula is C18H26FN3O2. The molecule has 1 aliphatic rings. The molecule has 1 fully saturated rings. The zero-order valence-electron chi connectivity index (χ0n) is 14.4. The van der Waals surface area contributed by atoms with Gasteiger partial charge in [-0.1, -0.05) is 12.1 Å². The van der Waals surface area contributed by atoms with Crippen molar-refractivity contribution in [3.63, 3.8) is 0 Å². The summed E-state index contributed by atoms with van der Waals surface area (Å²) in [6.07, 6.45) is 1.59. The van der Waals surface area contributed by atoms with E-state index in [9.17, 15) is 14.0 Å². The van der Waals surface area contributed by atoms with Crippen molar-refractivity contribution in [2.45, 2.75) is 19.3 Å². The minimum atomic E-state index is -0.268. The second-order valence-electron chi connectivity index (χ2n) is 6.55. The summed E-state index contributed by atoms with van der Waals surface area (Å²) < 4.78 is 13.2. The molecule has 0 saturated carbocycles. The minimum absolute atomic E-state index is 0.0140. The van der Waals surface area contributed by atoms with Crippen LogP contribution in [0.5, 0.6) is 0 Å². The molecule has 1 aromatic carbocycles. The summed E-state index contributed by atoms with van der Waals surface area (Å²) in [7, 11) is 3.92. The Labute approximate surface area is 142 Å². The molecule has 0 radical (unpaired) electrons. The highest BCUT2D eigenvalue weighted by atomic mass is 19.1. The molecule has 5 nitrogen and oxygen atoms in total. The highest BCUT2D eigenvalue weighted by Crippen LogP contribution is 2.18. The molecule has 1 atom stereocenters. The SMILES string of the molecule is CN(C)CCNC(=O)C1CCC(=O)N(CCc2cccc(F)c2)C1. The molecule has 1 saturated heterocycles. The molecule has 0 aliphatic carbocycles. The zero-order chi connectivity index (χ0) is 17.5. The predicted octanol–water partition coefficient (Wildman–Crippen LogP) is 1.28. The molecule has 1 aliphatic heterocycles. The van der Waals surface area contributed by atoms with Gasteiger partial charge in [0.15, 0.2) is 0 Å². The van der Waals surface area contributed by atoms with Crippen LogP contribution in [0.15, 0.2) is 24.3 Å². The second-order valence-corrected chi connectivity index (χ2v) is 6.55. The van der Waals surface area contributed by atoms with E-state index in [1.165, 1.54) is 12.1 Å². The molecule has 2 rings (SSSR count). The van der Waals surface area contributed by atoms with Gasteiger partial charge in [-0.3, -0.25) is 9.59 Å². The number of piperidine rings is 1. The lowest BCUT2D eigenvalue weighted by Gasteiger charge is -2.32. The molecule has 2 amide bonds. The summed E-state index contributed by atoms with van der Waals surface area (Å²) in [5, 5.41) is 2.93. The van der Waals surface area contributed by atoms with Crippen molar-refractivity contribution in [2.75, 3.05) is 40.3 Å². The molecule has 0 bridgehead atoms. The number of hydrogen-bond acceptors (Lipinski definition) is 3. The van der Waals surface area contributed by atoms with E-state index in [1.54, 1.807) is 11.0 Å². The Balaban J connectivity index is 1.83. The number of amides is 2. The highest BCUT2D eigenvalue weighted by molar-refractivity contribution is 5.83. The summed E-state index contributed by atoms with van der Waals surface area (Å²) in [5.74, 6) is -0.336. The number of likely N-dealkylation sites (tertiary alicyclic amines) is 1. The third-order valence-corrected chi connectivity index (χ3v) is 4.29. The van der Waals surface area contributed by atoms with Gasteiger partial charge in [0.2, 0.25) is 11.8 Å². The van der Waals surface area contributed by atoms with Gasteiger partial charge in [0, 0.05) is 32.6 Å². The van der Waals surface area contributed by atoms with Crippen molar-refractivity contribution in [2.24, 2.45) is 5.92 Å². The Bertz CT molecular complexity index is 577. The molecule has 132 valence electrons. The number of likely N-dealkylation sites (N-methyl/N-ethyl adjacent to an activating group) is 1. The molecule has 1 unspecified atom stereocenters. The largest absolute Gasteiger partial charge is 0.355 e. The van der Waals surface area contributed by atoms with Crippen molar-refractivity contribution >= 4 is 11.8 Å². The first-order valence-electron chi connectivity index (χ1n) is 8.40. The van der Waals surface area contributed by atoms with E-state index < -0.39 is 0 Å². The van der Waals surface area contributed by atoms with E-state index in [-0.39, 0.29) is 23.5 Å². The number of nitrogens with one attached hydrogen (secondary N) is 1. The van der Waals surface area contributed by atoms with Gasteiger partial charge < -0.3 is 15.1 Å². The summed E-state index contributed by atoms with van der Waals surface area (Å²) in [5.41, 5.74) is 0.861. The van der Waals surface area contributed by atoms with Gasteiger partial charge in [-0.2, -0.15) is 0 Å². The van der Waals surface area contributed by atoms with Crippen LogP contribution >= 0.6 is 0 Å². The Morgan fingerprint density at radius 2 is 2.21 bits per heavy atom. The molecule has 0 aromatic heterocycles. The van der Waals surface area contributed by atoms with Gasteiger partial charge in [0.1, 0.15) is 5.82 Å². The quantitative estimate of drug-likeness (QED) is 0.817. The van der Waals surface area contributed by atoms with Crippen LogP contribution in [0, 0.1) is 11.7 Å². The number of hydrogen-bond donors (Lipinski definition) is 1. The van der Waals surface area contributed by atoms with Crippen molar-refractivity contribution in [3.05, 3.63) is 35.6 Å². The lowest BCUT2D eigenvalue weighted by atomic mass is 9.96. The maximum absolute atomic E-state index is 13.2. The first-order valence-corrected chi connectivity index (χ1v) is 8.40. The molecule has 6 heteroatoms. The summed E-state index contributed by atoms with van der Waals surface area (Å²) in [4.78, 5) is 28.0. The third-order valence-electron chi connectivity index (χ3n) is 4.29. The fraction of sp³-hybridized carbons (Fsp3) is 0.556. The second kappa shape index (κ2) is 8.78. The fourth-order valence-corrected chi connectivity index (χ4v) is 2.85. The van der Waals surface area contributed by atoms with E-state index in [1.807, 2.05) is 25.1 Å². The number of halogens is 1. The van der Waals surface area contributed by atoms with Crippen LogP contribution in [0.4, 0.5) is 4.39 Å². The Morgan fingerprint density at radius 1 is 1.42 bits per heavy atom. The number of benzene rings is 1. The molecule has 24 heavy (non-hydrogen) atoms. The van der Waals surface area contributed by atoms with Crippen molar-refractivity contribution in [3.8, 4) is 0 Å². The van der Waals surface area contributed by atoms with Crippen LogP contribution in [-0.4, -0.2) is 61.9 Å². The Hall–Kier alpha value is -1.95. The average Bonchev–Trinajstić information content (AvgIpc) is 2.53. The van der Waals surface area contributed by atoms with Crippen molar-refractivity contribution in [1.29, 1.82) is 0 Å². The van der Waals surface area contributed by atoms with Gasteiger partial charge in [0.25, 0.3) is 0 Å². The van der Waals surface area contributed by atoms with Gasteiger partial charge >= 0.3 is 0 Å². The van der Waals surface area contributed by atoms with E-state index in [2.05, 4.69) is 5.32 Å². The Kier molecular flexibility index (Phi) is 6.73. The van der Waals surface area contributed by atoms with Gasteiger partial charge in [0.05, 0.1) is 5.92 Å². The normalized spacial score (nSPS) is 18.1. The van der Waals surface area contributed by atoms with Gasteiger partial charge in [-0.05, 0) is 44.6 Å². The molecule has 1 heterocycles. The van der Waals surface area contributed by atoms with E-state index in [0.29, 0.717) is 38.9 Å². The van der Waals surface area contributed by atoms with Crippen LogP contribution in [-0.2, 0) is 16.0 Å². The predicted molar refractivity (Wildman–Crippen MR) is 91.0 cm³/mol. The van der Waals surface area contributed by atoms with Crippen molar-refractivity contribution in [1.82, 2.24) is 15.1 Å². The number of carbonyl (C=O) groups excluding carboxylic acids is 2. The standard InChI is InChI=1S/C18H26FN3O2/c1-21(2)11-9-20-18(24)15-6-7-17(23)22(13-15)10-8-14-4-3-5-16(19)12-14/h3-5,12,15H,6-11,13H2,1-2H3,(H,20,24). The number of nitrogens with zero attached hydrogens (tertiary/aromatic N) is 2. The lowest BCUT2D eigenvalue weighted by Crippen LogP contribution is -2.47. The average molecular weight is 335 g/mol. The van der Waals surface area contributed by atoms with Crippen LogP contribution in [0.1, 0.15) is 18.4 Å². The first-order chi connectivity index (χ1) is 11.5. The summed E-state index contributed by atoms with van der Waals surface area (Å²) >= 11 is 0. The molecule has 1 aromatic rings. The molecule has 0 spiro atoms. The van der Waals surface area contributed by atoms with Crippen molar-refractivity contribution < 1.29 is 14.0 Å². The summed E-state index contributed by atoms with van der Waals surface area (Å²) in [6, 6.07) is 6.41. The van der Waals surface area contributed by atoms with Crippen LogP contribution < -0.4 is 5.32 Å². The van der Waals surface area contributed by atoms with E-state index in [4.69, 9.17) is 0 Å². The van der Waals surface area contributed by atoms with E-state index >= 15 is 0 Å². The Morgan fingerprint density at radius 3 is 2.92 bits per heavy atom. The smallest absolute Gasteiger partial charge is 0.224 e. The third kappa shape index (κ3) is 5.60. The number of rotatable bonds is 7. The molecular weight excluding hydrogens is 309 g/mol. The minimum Gasteiger partial charge on any atom is -0.355 e. The van der Waals surface area contributed by atoms with Crippen LogP contribution in [0.3, 0.4) is 0 Å². The van der Waals surface area contributed by atoms with Gasteiger partial charge in [-0.15, -0.1) is 0 Å². The fourth-order valence-electron chi connectivity index (χ4n) is 2.85. The van der Waals surface area contributed by atoms with E-state index in [0.717, 1.165) is 12.1 Å². The highest BCUT2D eigenvalue weighted by Gasteiger charge is 2.29. The monoisotopic (exact) mass is 335 g/mol. The topological polar surface area (TPSA) is 52.7 Å². The molecule has 1 N–H and O–H groups in total. The maximum atomic E-state index is 13.2. The zero-order valence-corrected chi connectivity index (χ0v) is 14.4.